The van der Waals surface area contributed by atoms with E-state index in [1.54, 1.807) is 0 Å². The highest BCUT2D eigenvalue weighted by Crippen LogP contribution is 2.78. The summed E-state index contributed by atoms with van der Waals surface area (Å²) in [6.07, 6.45) is 5.23. The molecule has 0 spiro atoms. The zero-order valence-electron chi connectivity index (χ0n) is 19.4. The fourth-order valence-corrected chi connectivity index (χ4v) is 13.2. The van der Waals surface area contributed by atoms with Crippen molar-refractivity contribution in [3.05, 3.63) is 132 Å². The Morgan fingerprint density at radius 3 is 1.26 bits per heavy atom. The maximum atomic E-state index is 3.07. The van der Waals surface area contributed by atoms with E-state index in [9.17, 15) is 0 Å². The van der Waals surface area contributed by atoms with Crippen LogP contribution in [0.1, 0.15) is 48.1 Å². The molecule has 4 aromatic carbocycles. The fraction of sp³-hybridized carbons (Fsp3) is 0.226. The minimum Gasteiger partial charge on any atom is -0.248 e. The highest BCUT2D eigenvalue weighted by atomic mass is 31.2. The van der Waals surface area contributed by atoms with Gasteiger partial charge < -0.3 is 0 Å². The Labute approximate surface area is 206 Å². The number of nitrogens with zero attached hydrogens (tertiary/aromatic N) is 1. The summed E-state index contributed by atoms with van der Waals surface area (Å²) >= 11 is 0. The lowest BCUT2D eigenvalue weighted by molar-refractivity contribution is 0.685. The standard InChI is InChI=1S/C31H31NP2/c1-5-13-25(14-6-1)30-23-24-31(26-15-7-2-8-16-26)34(30)32(27-21-22-27)33(28-17-9-3-10-18-28)29-19-11-4-12-20-29/h1-20,27,30-31H,21-24H2/t30-,31?,34?/m1/s1. The van der Waals surface area contributed by atoms with Crippen LogP contribution in [0.15, 0.2) is 121 Å². The van der Waals surface area contributed by atoms with Gasteiger partial charge in [0.15, 0.2) is 0 Å². The van der Waals surface area contributed by atoms with Crippen molar-refractivity contribution in [1.29, 1.82) is 0 Å². The molecule has 1 aliphatic heterocycles. The minimum absolute atomic E-state index is 0.389. The van der Waals surface area contributed by atoms with E-state index >= 15 is 0 Å². The van der Waals surface area contributed by atoms with Crippen molar-refractivity contribution in [2.45, 2.75) is 43.0 Å². The van der Waals surface area contributed by atoms with E-state index in [4.69, 9.17) is 0 Å². The van der Waals surface area contributed by atoms with E-state index in [2.05, 4.69) is 126 Å². The zero-order valence-corrected chi connectivity index (χ0v) is 21.2. The summed E-state index contributed by atoms with van der Waals surface area (Å²) < 4.78 is 3.07. The second kappa shape index (κ2) is 10.1. The quantitative estimate of drug-likeness (QED) is 0.242. The van der Waals surface area contributed by atoms with Gasteiger partial charge in [0, 0.05) is 25.4 Å². The van der Waals surface area contributed by atoms with Crippen LogP contribution in [0.2, 0.25) is 0 Å². The Kier molecular flexibility index (Phi) is 6.61. The first kappa shape index (κ1) is 22.2. The first-order valence-corrected chi connectivity index (χ1v) is 15.2. The van der Waals surface area contributed by atoms with Gasteiger partial charge in [0.25, 0.3) is 0 Å². The first-order valence-electron chi connectivity index (χ1n) is 12.5. The molecule has 0 N–H and O–H groups in total. The van der Waals surface area contributed by atoms with Gasteiger partial charge in [0.05, 0.1) is 0 Å². The Balaban J connectivity index is 1.50. The maximum Gasteiger partial charge on any atom is 0.0321 e. The average molecular weight is 480 g/mol. The Morgan fingerprint density at radius 1 is 0.500 bits per heavy atom. The normalized spacial score (nSPS) is 22.4. The summed E-state index contributed by atoms with van der Waals surface area (Å²) in [5.41, 5.74) is 4.32. The van der Waals surface area contributed by atoms with Gasteiger partial charge in [-0.05, 0) is 55.5 Å². The number of benzene rings is 4. The van der Waals surface area contributed by atoms with E-state index in [1.807, 2.05) is 0 Å². The van der Waals surface area contributed by atoms with E-state index in [0.29, 0.717) is 17.4 Å². The topological polar surface area (TPSA) is 3.24 Å². The van der Waals surface area contributed by atoms with Gasteiger partial charge in [-0.2, -0.15) is 0 Å². The molecule has 0 radical (unpaired) electrons. The minimum atomic E-state index is -0.574. The Morgan fingerprint density at radius 2 is 0.882 bits per heavy atom. The lowest BCUT2D eigenvalue weighted by Crippen LogP contribution is -2.28. The van der Waals surface area contributed by atoms with Crippen molar-refractivity contribution in [3.63, 3.8) is 0 Å². The molecule has 2 aliphatic rings. The Hall–Kier alpha value is -2.30. The van der Waals surface area contributed by atoms with Crippen molar-refractivity contribution in [2.24, 2.45) is 0 Å². The van der Waals surface area contributed by atoms with Crippen LogP contribution < -0.4 is 10.6 Å². The summed E-state index contributed by atoms with van der Waals surface area (Å²) in [5.74, 6) is 0. The van der Waals surface area contributed by atoms with E-state index in [-0.39, 0.29) is 8.07 Å². The van der Waals surface area contributed by atoms with Gasteiger partial charge in [0.2, 0.25) is 0 Å². The molecule has 170 valence electrons. The van der Waals surface area contributed by atoms with Crippen LogP contribution in [0, 0.1) is 0 Å². The summed E-state index contributed by atoms with van der Waals surface area (Å²) in [5, 5.41) is 2.98. The molecule has 4 aromatic rings. The van der Waals surface area contributed by atoms with Crippen molar-refractivity contribution >= 4 is 26.8 Å². The molecule has 1 saturated carbocycles. The van der Waals surface area contributed by atoms with E-state index in [0.717, 1.165) is 0 Å². The lowest BCUT2D eigenvalue weighted by Gasteiger charge is -2.42. The lowest BCUT2D eigenvalue weighted by atomic mass is 10.0. The third-order valence-corrected chi connectivity index (χ3v) is 13.7. The maximum absolute atomic E-state index is 3.07. The van der Waals surface area contributed by atoms with Gasteiger partial charge >= 0.3 is 0 Å². The molecule has 0 bridgehead atoms. The molecule has 0 aromatic heterocycles. The van der Waals surface area contributed by atoms with E-state index < -0.39 is 8.07 Å². The predicted molar refractivity (Wildman–Crippen MR) is 148 cm³/mol. The monoisotopic (exact) mass is 479 g/mol. The fourth-order valence-electron chi connectivity index (χ4n) is 5.36. The zero-order chi connectivity index (χ0) is 22.7. The second-order valence-corrected chi connectivity index (χ2v) is 14.2. The molecule has 3 atom stereocenters. The molecule has 3 heteroatoms. The van der Waals surface area contributed by atoms with Crippen molar-refractivity contribution in [1.82, 2.24) is 4.44 Å². The molecule has 6 rings (SSSR count). The van der Waals surface area contributed by atoms with Crippen LogP contribution in [0.3, 0.4) is 0 Å². The van der Waals surface area contributed by atoms with Crippen LogP contribution in [0.25, 0.3) is 0 Å². The molecule has 0 amide bonds. The molecular weight excluding hydrogens is 448 g/mol. The molecule has 2 fully saturated rings. The van der Waals surface area contributed by atoms with Crippen LogP contribution in [-0.2, 0) is 0 Å². The third kappa shape index (κ3) is 4.50. The SMILES string of the molecule is c1ccc(C2CC[C@H](c3ccccc3)P2N(C2CC2)P(c2ccccc2)c2ccccc2)cc1. The number of hydrogen-bond donors (Lipinski definition) is 0. The summed E-state index contributed by atoms with van der Waals surface area (Å²) in [4.78, 5) is 0. The first-order chi connectivity index (χ1) is 16.9. The van der Waals surface area contributed by atoms with Crippen LogP contribution in [-0.4, -0.2) is 10.5 Å². The van der Waals surface area contributed by atoms with Crippen LogP contribution in [0.4, 0.5) is 0 Å². The van der Waals surface area contributed by atoms with Crippen molar-refractivity contribution < 1.29 is 0 Å². The highest BCUT2D eigenvalue weighted by Gasteiger charge is 2.49. The number of hydrogen-bond acceptors (Lipinski definition) is 1. The molecule has 1 nitrogen and oxygen atoms in total. The Bertz CT molecular complexity index is 1090. The molecule has 1 aliphatic carbocycles. The summed E-state index contributed by atoms with van der Waals surface area (Å²) in [7, 11) is -0.964. The average Bonchev–Trinajstić information content (AvgIpc) is 3.67. The van der Waals surface area contributed by atoms with Gasteiger partial charge in [-0.15, -0.1) is 0 Å². The van der Waals surface area contributed by atoms with Gasteiger partial charge in [-0.3, -0.25) is 0 Å². The molecule has 2 unspecified atom stereocenters. The van der Waals surface area contributed by atoms with Crippen LogP contribution in [0.5, 0.6) is 0 Å². The summed E-state index contributed by atoms with van der Waals surface area (Å²) in [6, 6.07) is 46.2. The second-order valence-electron chi connectivity index (χ2n) is 9.34. The van der Waals surface area contributed by atoms with Crippen molar-refractivity contribution in [3.8, 4) is 0 Å². The highest BCUT2D eigenvalue weighted by molar-refractivity contribution is 7.79. The summed E-state index contributed by atoms with van der Waals surface area (Å²) in [6.45, 7) is 0. The van der Waals surface area contributed by atoms with Crippen molar-refractivity contribution in [2.75, 3.05) is 0 Å². The van der Waals surface area contributed by atoms with E-state index in [1.165, 1.54) is 47.4 Å². The van der Waals surface area contributed by atoms with Gasteiger partial charge in [-0.1, -0.05) is 121 Å². The molecule has 34 heavy (non-hydrogen) atoms. The van der Waals surface area contributed by atoms with Crippen LogP contribution >= 0.6 is 16.1 Å². The van der Waals surface area contributed by atoms with Gasteiger partial charge in [0.1, 0.15) is 0 Å². The van der Waals surface area contributed by atoms with Gasteiger partial charge in [-0.25, -0.2) is 4.44 Å². The molecule has 1 heterocycles. The smallest absolute Gasteiger partial charge is 0.0321 e. The molecular formula is C31H31NP2. The third-order valence-electron chi connectivity index (χ3n) is 7.04. The number of rotatable bonds is 7. The predicted octanol–water partition coefficient (Wildman–Crippen LogP) is 8.17. The largest absolute Gasteiger partial charge is 0.248 e. The molecule has 1 saturated heterocycles.